The Labute approximate surface area is 164 Å². The van der Waals surface area contributed by atoms with E-state index in [0.29, 0.717) is 22.2 Å². The molecule has 0 aliphatic carbocycles. The van der Waals surface area contributed by atoms with Crippen molar-refractivity contribution < 1.29 is 19.5 Å². The van der Waals surface area contributed by atoms with Crippen LogP contribution in [-0.2, 0) is 4.79 Å². The summed E-state index contributed by atoms with van der Waals surface area (Å²) in [6, 6.07) is 12.4. The zero-order chi connectivity index (χ0) is 19.4. The molecule has 2 aromatic rings. The molecule has 0 saturated carbocycles. The van der Waals surface area contributed by atoms with Gasteiger partial charge in [0.05, 0.1) is 44.0 Å². The predicted molar refractivity (Wildman–Crippen MR) is 107 cm³/mol. The van der Waals surface area contributed by atoms with Crippen molar-refractivity contribution in [3.63, 3.8) is 0 Å². The fourth-order valence-electron chi connectivity index (χ4n) is 3.38. The van der Waals surface area contributed by atoms with Gasteiger partial charge in [-0.25, -0.2) is 0 Å². The molecule has 27 heavy (non-hydrogen) atoms. The first-order valence-corrected chi connectivity index (χ1v) is 9.39. The molecule has 0 radical (unpaired) electrons. The maximum Gasteiger partial charge on any atom is 0.282 e. The Morgan fingerprint density at radius 3 is 2.59 bits per heavy atom. The van der Waals surface area contributed by atoms with E-state index >= 15 is 0 Å². The zero-order valence-corrected chi connectivity index (χ0v) is 16.3. The van der Waals surface area contributed by atoms with Crippen molar-refractivity contribution in [3.8, 4) is 11.5 Å². The van der Waals surface area contributed by atoms with Crippen LogP contribution in [0.2, 0.25) is 5.02 Å². The molecular formula is C20H25ClN3O3+. The highest BCUT2D eigenvalue weighted by molar-refractivity contribution is 6.32. The lowest BCUT2D eigenvalue weighted by Crippen LogP contribution is -3.19. The van der Waals surface area contributed by atoms with E-state index in [1.807, 2.05) is 25.1 Å². The van der Waals surface area contributed by atoms with Crippen molar-refractivity contribution in [2.45, 2.75) is 13.0 Å². The van der Waals surface area contributed by atoms with E-state index in [4.69, 9.17) is 16.3 Å². The third-order valence-electron chi connectivity index (χ3n) is 5.05. The van der Waals surface area contributed by atoms with Crippen LogP contribution in [0.3, 0.4) is 0 Å². The van der Waals surface area contributed by atoms with Crippen LogP contribution in [0.5, 0.6) is 11.5 Å². The minimum absolute atomic E-state index is 0.0396. The first-order chi connectivity index (χ1) is 13.0. The summed E-state index contributed by atoms with van der Waals surface area (Å²) in [6.45, 7) is 5.17. The van der Waals surface area contributed by atoms with Gasteiger partial charge >= 0.3 is 0 Å². The molecule has 2 aromatic carbocycles. The number of phenols is 1. The number of piperazine rings is 1. The number of aromatic hydroxyl groups is 1. The number of hydrogen-bond acceptors (Lipinski definition) is 4. The van der Waals surface area contributed by atoms with Crippen LogP contribution in [0.1, 0.15) is 6.92 Å². The number of carbonyl (C=O) groups is 1. The number of phenolic OH excluding ortho intramolecular Hbond substituents is 1. The SMILES string of the molecule is COc1ccc(NC(=O)[C@@H](C)[NH+]2CCN(c3ccccc3O)CC2)cc1Cl. The molecular weight excluding hydrogens is 366 g/mol. The summed E-state index contributed by atoms with van der Waals surface area (Å²) >= 11 is 6.12. The molecule has 3 rings (SSSR count). The monoisotopic (exact) mass is 390 g/mol. The van der Waals surface area contributed by atoms with Crippen molar-refractivity contribution in [2.75, 3.05) is 43.5 Å². The second-order valence-electron chi connectivity index (χ2n) is 6.69. The highest BCUT2D eigenvalue weighted by Crippen LogP contribution is 2.27. The number of amides is 1. The highest BCUT2D eigenvalue weighted by Gasteiger charge is 2.30. The lowest BCUT2D eigenvalue weighted by atomic mass is 10.2. The Morgan fingerprint density at radius 2 is 1.96 bits per heavy atom. The fraction of sp³-hybridized carbons (Fsp3) is 0.350. The van der Waals surface area contributed by atoms with Crippen LogP contribution in [0.15, 0.2) is 42.5 Å². The van der Waals surface area contributed by atoms with Gasteiger partial charge in [-0.05, 0) is 37.3 Å². The topological polar surface area (TPSA) is 66.2 Å². The van der Waals surface area contributed by atoms with Crippen LogP contribution in [0, 0.1) is 0 Å². The summed E-state index contributed by atoms with van der Waals surface area (Å²) in [5.74, 6) is 0.832. The van der Waals surface area contributed by atoms with Crippen LogP contribution < -0.4 is 19.9 Å². The average molecular weight is 391 g/mol. The molecule has 1 heterocycles. The average Bonchev–Trinajstić information content (AvgIpc) is 2.68. The standard InChI is InChI=1S/C20H24ClN3O3/c1-14(20(26)22-15-7-8-19(27-2)16(21)13-15)23-9-11-24(12-10-23)17-5-3-4-6-18(17)25/h3-8,13-14,25H,9-12H2,1-2H3,(H,22,26)/p+1/t14-/m1/s1. The van der Waals surface area contributed by atoms with E-state index in [9.17, 15) is 9.90 Å². The molecule has 1 aliphatic heterocycles. The number of carbonyl (C=O) groups excluding carboxylic acids is 1. The third-order valence-corrected chi connectivity index (χ3v) is 5.35. The van der Waals surface area contributed by atoms with E-state index in [-0.39, 0.29) is 11.9 Å². The third kappa shape index (κ3) is 4.46. The van der Waals surface area contributed by atoms with E-state index in [2.05, 4.69) is 10.2 Å². The first-order valence-electron chi connectivity index (χ1n) is 9.01. The molecule has 1 atom stereocenters. The summed E-state index contributed by atoms with van der Waals surface area (Å²) < 4.78 is 5.13. The van der Waals surface area contributed by atoms with Crippen LogP contribution in [-0.4, -0.2) is 50.3 Å². The van der Waals surface area contributed by atoms with Crippen molar-refractivity contribution in [2.24, 2.45) is 0 Å². The molecule has 0 aromatic heterocycles. The molecule has 6 nitrogen and oxygen atoms in total. The Hall–Kier alpha value is -2.44. The van der Waals surface area contributed by atoms with Gasteiger partial charge in [0.15, 0.2) is 6.04 Å². The molecule has 1 aliphatic rings. The summed E-state index contributed by atoms with van der Waals surface area (Å²) in [6.07, 6.45) is 0. The van der Waals surface area contributed by atoms with Crippen LogP contribution in [0.4, 0.5) is 11.4 Å². The van der Waals surface area contributed by atoms with Crippen LogP contribution >= 0.6 is 11.6 Å². The molecule has 7 heteroatoms. The summed E-state index contributed by atoms with van der Waals surface area (Å²) in [5, 5.41) is 13.4. The van der Waals surface area contributed by atoms with Crippen molar-refractivity contribution >= 4 is 28.9 Å². The molecule has 144 valence electrons. The van der Waals surface area contributed by atoms with Gasteiger partial charge in [-0.2, -0.15) is 0 Å². The van der Waals surface area contributed by atoms with Gasteiger partial charge in [0.1, 0.15) is 11.5 Å². The molecule has 0 bridgehead atoms. The highest BCUT2D eigenvalue weighted by atomic mass is 35.5. The summed E-state index contributed by atoms with van der Waals surface area (Å²) in [5.41, 5.74) is 1.51. The van der Waals surface area contributed by atoms with Gasteiger partial charge in [0.2, 0.25) is 0 Å². The normalized spacial score (nSPS) is 16.0. The minimum atomic E-state index is -0.183. The quantitative estimate of drug-likeness (QED) is 0.728. The fourth-order valence-corrected chi connectivity index (χ4v) is 3.64. The second kappa shape index (κ2) is 8.50. The summed E-state index contributed by atoms with van der Waals surface area (Å²) in [7, 11) is 1.56. The van der Waals surface area contributed by atoms with Gasteiger partial charge in [-0.3, -0.25) is 4.79 Å². The molecule has 1 fully saturated rings. The Balaban J connectivity index is 1.57. The number of quaternary nitrogens is 1. The van der Waals surface area contributed by atoms with Gasteiger partial charge in [0.25, 0.3) is 5.91 Å². The van der Waals surface area contributed by atoms with E-state index in [0.717, 1.165) is 31.9 Å². The van der Waals surface area contributed by atoms with E-state index < -0.39 is 0 Å². The largest absolute Gasteiger partial charge is 0.506 e. The number of para-hydroxylation sites is 2. The Bertz CT molecular complexity index is 807. The Morgan fingerprint density at radius 1 is 1.26 bits per heavy atom. The number of ether oxygens (including phenoxy) is 1. The Kier molecular flexibility index (Phi) is 6.08. The van der Waals surface area contributed by atoms with Gasteiger partial charge in [-0.1, -0.05) is 23.7 Å². The molecule has 1 amide bonds. The maximum atomic E-state index is 12.6. The molecule has 0 spiro atoms. The van der Waals surface area contributed by atoms with Gasteiger partial charge in [0, 0.05) is 5.69 Å². The molecule has 1 saturated heterocycles. The second-order valence-corrected chi connectivity index (χ2v) is 7.10. The predicted octanol–water partition coefficient (Wildman–Crippen LogP) is 1.79. The van der Waals surface area contributed by atoms with E-state index in [1.54, 1.807) is 31.4 Å². The van der Waals surface area contributed by atoms with Crippen molar-refractivity contribution in [1.82, 2.24) is 0 Å². The minimum Gasteiger partial charge on any atom is -0.506 e. The van der Waals surface area contributed by atoms with E-state index in [1.165, 1.54) is 4.90 Å². The number of hydrogen-bond donors (Lipinski definition) is 3. The maximum absolute atomic E-state index is 12.6. The lowest BCUT2D eigenvalue weighted by molar-refractivity contribution is -0.914. The van der Waals surface area contributed by atoms with Gasteiger partial charge < -0.3 is 25.0 Å². The number of benzene rings is 2. The smallest absolute Gasteiger partial charge is 0.282 e. The summed E-state index contributed by atoms with van der Waals surface area (Å²) in [4.78, 5) is 16.0. The lowest BCUT2D eigenvalue weighted by Gasteiger charge is -2.36. The first kappa shape index (κ1) is 19.3. The number of nitrogens with one attached hydrogen (secondary N) is 2. The van der Waals surface area contributed by atoms with Gasteiger partial charge in [-0.15, -0.1) is 0 Å². The molecule has 3 N–H and O–H groups in total. The number of methoxy groups -OCH3 is 1. The van der Waals surface area contributed by atoms with Crippen molar-refractivity contribution in [1.29, 1.82) is 0 Å². The zero-order valence-electron chi connectivity index (χ0n) is 15.5. The van der Waals surface area contributed by atoms with Crippen molar-refractivity contribution in [3.05, 3.63) is 47.5 Å². The molecule has 0 unspecified atom stereocenters. The number of anilines is 2. The van der Waals surface area contributed by atoms with Crippen LogP contribution in [0.25, 0.3) is 0 Å². The number of halogens is 1. The number of nitrogens with zero attached hydrogens (tertiary/aromatic N) is 1. The number of rotatable bonds is 5.